The van der Waals surface area contributed by atoms with Gasteiger partial charge in [0.05, 0.1) is 8.94 Å². The molecule has 0 aromatic rings. The zero-order chi connectivity index (χ0) is 11.1. The summed E-state index contributed by atoms with van der Waals surface area (Å²) in [5, 5.41) is 16.8. The maximum atomic E-state index is 10.3. The minimum absolute atomic E-state index is 0.0701. The Balaban J connectivity index is 0. The number of hydrogen-bond donors (Lipinski definition) is 4. The van der Waals surface area contributed by atoms with Crippen LogP contribution in [-0.2, 0) is 4.79 Å². The Labute approximate surface area is 94.4 Å². The summed E-state index contributed by atoms with van der Waals surface area (Å²) in [4.78, 5) is 10.3. The Hall–Kier alpha value is 0.220. The molecule has 13 heavy (non-hydrogen) atoms. The largest absolute Gasteiger partial charge is 0.481 e. The van der Waals surface area contributed by atoms with Crippen molar-refractivity contribution in [1.29, 1.82) is 0 Å². The van der Waals surface area contributed by atoms with E-state index < -0.39 is 11.4 Å². The van der Waals surface area contributed by atoms with Crippen molar-refractivity contribution in [3.05, 3.63) is 0 Å². The third-order valence-corrected chi connectivity index (χ3v) is 1.32. The normalized spacial score (nSPS) is 9.92. The Morgan fingerprint density at radius 1 is 1.46 bits per heavy atom. The first-order valence-electron chi connectivity index (χ1n) is 3.50. The highest BCUT2D eigenvalue weighted by molar-refractivity contribution is 8.34. The molecule has 0 saturated carbocycles. The molecule has 0 atom stereocenters. The monoisotopic (exact) mass is 242 g/mol. The quantitative estimate of drug-likeness (QED) is 0.449. The summed E-state index contributed by atoms with van der Waals surface area (Å²) in [5.74, 6) is -0.864. The van der Waals surface area contributed by atoms with Crippen LogP contribution < -0.4 is 0 Å². The molecule has 0 unspecified atom stereocenters. The molecule has 0 saturated heterocycles. The van der Waals surface area contributed by atoms with Gasteiger partial charge in [0, 0.05) is 6.61 Å². The van der Waals surface area contributed by atoms with Crippen LogP contribution in [-0.4, -0.2) is 26.3 Å². The van der Waals surface area contributed by atoms with Gasteiger partial charge in [-0.3, -0.25) is 4.79 Å². The van der Waals surface area contributed by atoms with Crippen LogP contribution in [0.25, 0.3) is 0 Å². The Morgan fingerprint density at radius 2 is 1.77 bits per heavy atom. The molecule has 6 heteroatoms. The number of rotatable bonds is 3. The lowest BCUT2D eigenvalue weighted by Crippen LogP contribution is -2.24. The van der Waals surface area contributed by atoms with Gasteiger partial charge in [0.2, 0.25) is 0 Å². The van der Waals surface area contributed by atoms with Gasteiger partial charge in [-0.1, -0.05) is 12.2 Å². The van der Waals surface area contributed by atoms with Gasteiger partial charge < -0.3 is 10.2 Å². The smallest absolute Gasteiger partial charge is 0.309 e. The van der Waals surface area contributed by atoms with Crippen molar-refractivity contribution in [3.63, 3.8) is 0 Å². The molecule has 0 radical (unpaired) electrons. The molecule has 0 aliphatic heterocycles. The van der Waals surface area contributed by atoms with Crippen LogP contribution in [0.3, 0.4) is 0 Å². The average molecular weight is 242 g/mol. The van der Waals surface area contributed by atoms with Crippen LogP contribution in [0.2, 0.25) is 0 Å². The minimum atomic E-state index is -0.864. The number of aliphatic hydroxyl groups is 1. The highest BCUT2D eigenvalue weighted by Crippen LogP contribution is 2.18. The first-order chi connectivity index (χ1) is 5.74. The van der Waals surface area contributed by atoms with E-state index in [0.717, 1.165) is 0 Å². The average Bonchev–Trinajstić information content (AvgIpc) is 1.85. The second-order valence-electron chi connectivity index (χ2n) is 2.95. The van der Waals surface area contributed by atoms with Crippen LogP contribution >= 0.6 is 37.5 Å². The van der Waals surface area contributed by atoms with Gasteiger partial charge in [-0.2, -0.15) is 0 Å². The van der Waals surface area contributed by atoms with Crippen molar-refractivity contribution in [3.8, 4) is 0 Å². The number of thiol groups is 2. The molecule has 0 aliphatic rings. The third-order valence-electron chi connectivity index (χ3n) is 1.32. The van der Waals surface area contributed by atoms with Gasteiger partial charge in [0.1, 0.15) is 0 Å². The van der Waals surface area contributed by atoms with Gasteiger partial charge in [-0.15, -0.1) is 25.3 Å². The van der Waals surface area contributed by atoms with Crippen LogP contribution in [0.5, 0.6) is 0 Å². The first-order valence-corrected chi connectivity index (χ1v) is 4.80. The summed E-state index contributed by atoms with van der Waals surface area (Å²) in [6, 6.07) is 0. The number of hydrogen-bond acceptors (Lipinski definition) is 3. The molecule has 3 nitrogen and oxygen atoms in total. The molecule has 0 aliphatic carbocycles. The number of aliphatic carboxylic acids is 1. The Bertz CT molecular complexity index is 176. The SMILES string of the molecule is CC(C)(CCO)C(=O)O.S=C(S)S. The molecule has 0 aromatic carbocycles. The van der Waals surface area contributed by atoms with Crippen molar-refractivity contribution in [2.24, 2.45) is 5.41 Å². The molecule has 2 N–H and O–H groups in total. The van der Waals surface area contributed by atoms with E-state index in [1.54, 1.807) is 13.8 Å². The predicted molar refractivity (Wildman–Crippen MR) is 63.7 cm³/mol. The van der Waals surface area contributed by atoms with E-state index in [2.05, 4.69) is 37.5 Å². The summed E-state index contributed by atoms with van der Waals surface area (Å²) in [6.45, 7) is 3.11. The zero-order valence-electron chi connectivity index (χ0n) is 7.52. The molecular formula is C7H14O3S3. The van der Waals surface area contributed by atoms with Crippen LogP contribution in [0.15, 0.2) is 0 Å². The fraction of sp³-hybridized carbons (Fsp3) is 0.714. The summed E-state index contributed by atoms with van der Waals surface area (Å²) in [5.41, 5.74) is -0.783. The number of thiocarbonyl (C=S) groups is 1. The molecule has 0 fully saturated rings. The standard InChI is InChI=1S/C6H12O3.CH2S3/c1-6(2,3-4-7)5(8)9;2-1(3)4/h7H,3-4H2,1-2H3,(H,8,9);(H2,2,3,4). The number of carbonyl (C=O) groups is 1. The second-order valence-corrected chi connectivity index (χ2v) is 5.21. The summed E-state index contributed by atoms with van der Waals surface area (Å²) in [7, 11) is 0. The van der Waals surface area contributed by atoms with Crippen LogP contribution in [0.4, 0.5) is 0 Å². The lowest BCUT2D eigenvalue weighted by molar-refractivity contribution is -0.147. The van der Waals surface area contributed by atoms with E-state index in [9.17, 15) is 4.79 Å². The number of carboxylic acids is 1. The van der Waals surface area contributed by atoms with E-state index >= 15 is 0 Å². The third kappa shape index (κ3) is 12.2. The van der Waals surface area contributed by atoms with E-state index in [0.29, 0.717) is 9.95 Å². The maximum absolute atomic E-state index is 10.3. The fourth-order valence-corrected chi connectivity index (χ4v) is 0.386. The van der Waals surface area contributed by atoms with Crippen LogP contribution in [0, 0.1) is 5.41 Å². The van der Waals surface area contributed by atoms with Gasteiger partial charge in [0.15, 0.2) is 0 Å². The molecule has 0 spiro atoms. The number of aliphatic hydroxyl groups excluding tert-OH is 1. The molecule has 78 valence electrons. The van der Waals surface area contributed by atoms with Crippen LogP contribution in [0.1, 0.15) is 20.3 Å². The lowest BCUT2D eigenvalue weighted by Gasteiger charge is -2.16. The highest BCUT2D eigenvalue weighted by atomic mass is 32.2. The second kappa shape index (κ2) is 7.61. The Kier molecular flexibility index (Phi) is 9.18. The number of carboxylic acid groups (broad SMARTS) is 1. The molecule has 0 rings (SSSR count). The summed E-state index contributed by atoms with van der Waals surface area (Å²) < 4.78 is 0.389. The van der Waals surface area contributed by atoms with Crippen molar-refractivity contribution in [1.82, 2.24) is 0 Å². The summed E-state index contributed by atoms with van der Waals surface area (Å²) in [6.07, 6.45) is 0.308. The van der Waals surface area contributed by atoms with Gasteiger partial charge in [-0.05, 0) is 20.3 Å². The lowest BCUT2D eigenvalue weighted by atomic mass is 9.90. The molecule has 0 bridgehead atoms. The molecule has 0 heterocycles. The highest BCUT2D eigenvalue weighted by Gasteiger charge is 2.25. The summed E-state index contributed by atoms with van der Waals surface area (Å²) >= 11 is 11.4. The van der Waals surface area contributed by atoms with E-state index in [-0.39, 0.29) is 6.61 Å². The molecular weight excluding hydrogens is 228 g/mol. The topological polar surface area (TPSA) is 57.5 Å². The predicted octanol–water partition coefficient (Wildman–Crippen LogP) is 1.61. The Morgan fingerprint density at radius 3 is 1.85 bits per heavy atom. The van der Waals surface area contributed by atoms with E-state index in [1.807, 2.05) is 0 Å². The van der Waals surface area contributed by atoms with Gasteiger partial charge in [-0.25, -0.2) is 0 Å². The van der Waals surface area contributed by atoms with Gasteiger partial charge >= 0.3 is 5.97 Å². The molecule has 0 amide bonds. The fourth-order valence-electron chi connectivity index (χ4n) is 0.386. The van der Waals surface area contributed by atoms with Crippen molar-refractivity contribution in [2.45, 2.75) is 20.3 Å². The first kappa shape index (κ1) is 15.7. The minimum Gasteiger partial charge on any atom is -0.481 e. The van der Waals surface area contributed by atoms with Crippen molar-refractivity contribution < 1.29 is 15.0 Å². The van der Waals surface area contributed by atoms with Gasteiger partial charge in [0.25, 0.3) is 0 Å². The van der Waals surface area contributed by atoms with Crippen molar-refractivity contribution >= 4 is 47.0 Å². The zero-order valence-corrected chi connectivity index (χ0v) is 10.1. The van der Waals surface area contributed by atoms with E-state index in [1.165, 1.54) is 0 Å². The molecule has 0 aromatic heterocycles. The van der Waals surface area contributed by atoms with Crippen molar-refractivity contribution in [2.75, 3.05) is 6.61 Å². The maximum Gasteiger partial charge on any atom is 0.309 e. The van der Waals surface area contributed by atoms with E-state index in [4.69, 9.17) is 10.2 Å².